The van der Waals surface area contributed by atoms with E-state index in [9.17, 15) is 4.79 Å². The van der Waals surface area contributed by atoms with Crippen LogP contribution in [0.2, 0.25) is 0 Å². The second-order valence-corrected chi connectivity index (χ2v) is 4.83. The highest BCUT2D eigenvalue weighted by atomic mass is 16.2. The molecule has 3 heteroatoms. The number of rotatable bonds is 0. The van der Waals surface area contributed by atoms with Gasteiger partial charge in [-0.15, -0.1) is 0 Å². The Balaban J connectivity index is 2.25. The first kappa shape index (κ1) is 9.00. The maximum absolute atomic E-state index is 11.9. The minimum absolute atomic E-state index is 0.0955. The third-order valence-corrected chi connectivity index (χ3v) is 3.69. The molecule has 0 aromatic carbocycles. The zero-order chi connectivity index (χ0) is 9.64. The van der Waals surface area contributed by atoms with Crippen molar-refractivity contribution in [2.75, 3.05) is 33.7 Å². The molecular formula is C10H18N2O. The van der Waals surface area contributed by atoms with Crippen LogP contribution in [-0.2, 0) is 4.79 Å². The van der Waals surface area contributed by atoms with Crippen LogP contribution in [0.15, 0.2) is 0 Å². The van der Waals surface area contributed by atoms with Gasteiger partial charge in [0.2, 0.25) is 5.91 Å². The highest BCUT2D eigenvalue weighted by molar-refractivity contribution is 5.85. The third-order valence-electron chi connectivity index (χ3n) is 3.69. The van der Waals surface area contributed by atoms with E-state index in [0.717, 1.165) is 19.6 Å². The zero-order valence-electron chi connectivity index (χ0n) is 8.71. The lowest BCUT2D eigenvalue weighted by Gasteiger charge is -2.38. The van der Waals surface area contributed by atoms with E-state index in [1.54, 1.807) is 0 Å². The number of carbonyl (C=O) groups is 1. The zero-order valence-corrected chi connectivity index (χ0v) is 8.71. The molecule has 0 bridgehead atoms. The van der Waals surface area contributed by atoms with Crippen LogP contribution in [0.4, 0.5) is 0 Å². The molecule has 2 rings (SSSR count). The van der Waals surface area contributed by atoms with Gasteiger partial charge in [-0.25, -0.2) is 0 Å². The lowest BCUT2D eigenvalue weighted by Crippen LogP contribution is -2.47. The summed E-state index contributed by atoms with van der Waals surface area (Å²) in [6.45, 7) is 5.16. The molecule has 2 aliphatic heterocycles. The van der Waals surface area contributed by atoms with Gasteiger partial charge in [-0.3, -0.25) is 4.79 Å². The molecule has 74 valence electrons. The predicted octanol–water partition coefficient (Wildman–Crippen LogP) is 0.416. The normalized spacial score (nSPS) is 41.0. The van der Waals surface area contributed by atoms with E-state index in [2.05, 4.69) is 18.9 Å². The molecule has 0 radical (unpaired) electrons. The molecule has 2 saturated heterocycles. The number of amides is 1. The second-order valence-electron chi connectivity index (χ2n) is 4.83. The smallest absolute Gasteiger partial charge is 0.229 e. The Bertz CT molecular complexity index is 241. The molecule has 0 aromatic rings. The Morgan fingerprint density at radius 3 is 2.85 bits per heavy atom. The minimum Gasteiger partial charge on any atom is -0.345 e. The summed E-state index contributed by atoms with van der Waals surface area (Å²) in [5.41, 5.74) is -0.0955. The summed E-state index contributed by atoms with van der Waals surface area (Å²) < 4.78 is 0. The quantitative estimate of drug-likeness (QED) is 0.542. The Morgan fingerprint density at radius 1 is 1.46 bits per heavy atom. The highest BCUT2D eigenvalue weighted by Gasteiger charge is 2.51. The molecule has 2 atom stereocenters. The van der Waals surface area contributed by atoms with Gasteiger partial charge in [0.05, 0.1) is 5.41 Å². The fourth-order valence-electron chi connectivity index (χ4n) is 2.85. The summed E-state index contributed by atoms with van der Waals surface area (Å²) in [4.78, 5) is 16.1. The average Bonchev–Trinajstić information content (AvgIpc) is 2.27. The minimum atomic E-state index is -0.0955. The number of likely N-dealkylation sites (tertiary alicyclic amines) is 2. The maximum atomic E-state index is 11.9. The van der Waals surface area contributed by atoms with Gasteiger partial charge in [-0.05, 0) is 32.9 Å². The van der Waals surface area contributed by atoms with Crippen LogP contribution < -0.4 is 0 Å². The van der Waals surface area contributed by atoms with Gasteiger partial charge in [-0.2, -0.15) is 0 Å². The van der Waals surface area contributed by atoms with Gasteiger partial charge in [0.25, 0.3) is 0 Å². The van der Waals surface area contributed by atoms with Gasteiger partial charge in [-0.1, -0.05) is 0 Å². The summed E-state index contributed by atoms with van der Waals surface area (Å²) in [5, 5.41) is 0. The predicted molar refractivity (Wildman–Crippen MR) is 51.3 cm³/mol. The van der Waals surface area contributed by atoms with Crippen molar-refractivity contribution in [3.05, 3.63) is 0 Å². The van der Waals surface area contributed by atoms with Crippen molar-refractivity contribution in [2.24, 2.45) is 11.3 Å². The van der Waals surface area contributed by atoms with Crippen molar-refractivity contribution >= 4 is 5.91 Å². The molecule has 2 aliphatic rings. The lowest BCUT2D eigenvalue weighted by atomic mass is 9.75. The Labute approximate surface area is 79.7 Å². The van der Waals surface area contributed by atoms with E-state index in [1.807, 2.05) is 11.9 Å². The molecule has 0 N–H and O–H groups in total. The molecule has 13 heavy (non-hydrogen) atoms. The molecule has 1 amide bonds. The first-order chi connectivity index (χ1) is 6.04. The lowest BCUT2D eigenvalue weighted by molar-refractivity contribution is -0.136. The first-order valence-electron chi connectivity index (χ1n) is 4.98. The molecular weight excluding hydrogens is 164 g/mol. The summed E-state index contributed by atoms with van der Waals surface area (Å²) in [7, 11) is 4.03. The van der Waals surface area contributed by atoms with Crippen LogP contribution in [0.1, 0.15) is 13.3 Å². The van der Waals surface area contributed by atoms with Crippen LogP contribution >= 0.6 is 0 Å². The van der Waals surface area contributed by atoms with Gasteiger partial charge < -0.3 is 9.80 Å². The number of hydrogen-bond donors (Lipinski definition) is 0. The summed E-state index contributed by atoms with van der Waals surface area (Å²) in [5.74, 6) is 0.922. The largest absolute Gasteiger partial charge is 0.345 e. The van der Waals surface area contributed by atoms with Crippen molar-refractivity contribution in [1.29, 1.82) is 0 Å². The fourth-order valence-corrected chi connectivity index (χ4v) is 2.85. The van der Waals surface area contributed by atoms with Crippen molar-refractivity contribution in [2.45, 2.75) is 13.3 Å². The Morgan fingerprint density at radius 2 is 2.15 bits per heavy atom. The number of piperidine rings is 1. The fraction of sp³-hybridized carbons (Fsp3) is 0.900. The molecule has 0 aromatic heterocycles. The van der Waals surface area contributed by atoms with Crippen LogP contribution in [0.3, 0.4) is 0 Å². The SMILES string of the molecule is CN1CCC2CN(C)C(=O)C2(C)C1. The standard InChI is InChI=1S/C10H18N2O/c1-10-7-11(2)5-4-8(10)6-12(3)9(10)13/h8H,4-7H2,1-3H3. The number of fused-ring (bicyclic) bond motifs is 1. The molecule has 2 heterocycles. The highest BCUT2D eigenvalue weighted by Crippen LogP contribution is 2.41. The van der Waals surface area contributed by atoms with E-state index < -0.39 is 0 Å². The van der Waals surface area contributed by atoms with Crippen LogP contribution in [0.5, 0.6) is 0 Å². The molecule has 2 unspecified atom stereocenters. The summed E-state index contributed by atoms with van der Waals surface area (Å²) >= 11 is 0. The Hall–Kier alpha value is -0.570. The number of nitrogens with zero attached hydrogens (tertiary/aromatic N) is 2. The van der Waals surface area contributed by atoms with Crippen LogP contribution in [0, 0.1) is 11.3 Å². The third kappa shape index (κ3) is 1.17. The first-order valence-corrected chi connectivity index (χ1v) is 4.98. The topological polar surface area (TPSA) is 23.6 Å². The van der Waals surface area contributed by atoms with Crippen molar-refractivity contribution in [3.63, 3.8) is 0 Å². The van der Waals surface area contributed by atoms with E-state index in [4.69, 9.17) is 0 Å². The molecule has 0 saturated carbocycles. The average molecular weight is 182 g/mol. The van der Waals surface area contributed by atoms with E-state index in [1.165, 1.54) is 6.42 Å². The van der Waals surface area contributed by atoms with Crippen molar-refractivity contribution < 1.29 is 4.79 Å². The van der Waals surface area contributed by atoms with E-state index in [-0.39, 0.29) is 5.41 Å². The van der Waals surface area contributed by atoms with Crippen LogP contribution in [-0.4, -0.2) is 49.4 Å². The van der Waals surface area contributed by atoms with Crippen molar-refractivity contribution in [3.8, 4) is 0 Å². The van der Waals surface area contributed by atoms with Crippen molar-refractivity contribution in [1.82, 2.24) is 9.80 Å². The number of carbonyl (C=O) groups excluding carboxylic acids is 1. The van der Waals surface area contributed by atoms with Crippen LogP contribution in [0.25, 0.3) is 0 Å². The molecule has 2 fully saturated rings. The van der Waals surface area contributed by atoms with Gasteiger partial charge in [0, 0.05) is 20.1 Å². The summed E-state index contributed by atoms with van der Waals surface area (Å²) in [6.07, 6.45) is 1.17. The number of hydrogen-bond acceptors (Lipinski definition) is 2. The van der Waals surface area contributed by atoms with E-state index in [0.29, 0.717) is 11.8 Å². The molecule has 0 spiro atoms. The van der Waals surface area contributed by atoms with Gasteiger partial charge in [0.15, 0.2) is 0 Å². The monoisotopic (exact) mass is 182 g/mol. The molecule has 3 nitrogen and oxygen atoms in total. The van der Waals surface area contributed by atoms with Gasteiger partial charge in [0.1, 0.15) is 0 Å². The maximum Gasteiger partial charge on any atom is 0.229 e. The second kappa shape index (κ2) is 2.71. The summed E-state index contributed by atoms with van der Waals surface area (Å²) in [6, 6.07) is 0. The Kier molecular flexibility index (Phi) is 1.88. The molecule has 0 aliphatic carbocycles. The van der Waals surface area contributed by atoms with E-state index >= 15 is 0 Å². The van der Waals surface area contributed by atoms with Gasteiger partial charge >= 0.3 is 0 Å².